The first-order valence-electron chi connectivity index (χ1n) is 10.7. The standard InChI is InChI=1S/C22H30N6O5S/c1-34-8-7-17(22(32)33)28-21(31)18(10-15-11-24-13-26-15)27-19(29)12-25-20(30)16(23)9-14-5-3-2-4-6-14/h2-6,11,13,16-18H,7-10,12,23H2,1H3,(H,24,26)(H,25,30)(H,27,29)(H,28,31)(H,32,33). The smallest absolute Gasteiger partial charge is 0.326 e. The van der Waals surface area contributed by atoms with Crippen molar-refractivity contribution in [1.29, 1.82) is 0 Å². The maximum atomic E-state index is 12.8. The Labute approximate surface area is 201 Å². The highest BCUT2D eigenvalue weighted by atomic mass is 32.2. The van der Waals surface area contributed by atoms with E-state index in [1.807, 2.05) is 36.6 Å². The number of aromatic amines is 1. The van der Waals surface area contributed by atoms with Crippen LogP contribution in [0.2, 0.25) is 0 Å². The fourth-order valence-corrected chi connectivity index (χ4v) is 3.57. The zero-order chi connectivity index (χ0) is 24.9. The SMILES string of the molecule is CSCCC(NC(=O)C(Cc1cnc[nH]1)NC(=O)CNC(=O)C(N)Cc1ccccc1)C(=O)O. The number of thioether (sulfide) groups is 1. The molecule has 0 saturated heterocycles. The average molecular weight is 491 g/mol. The summed E-state index contributed by atoms with van der Waals surface area (Å²) in [6.45, 7) is -0.386. The third-order valence-electron chi connectivity index (χ3n) is 4.91. The molecule has 0 fully saturated rings. The summed E-state index contributed by atoms with van der Waals surface area (Å²) < 4.78 is 0. The number of rotatable bonds is 14. The Morgan fingerprint density at radius 3 is 2.44 bits per heavy atom. The molecule has 0 aliphatic heterocycles. The fraction of sp³-hybridized carbons (Fsp3) is 0.409. The van der Waals surface area contributed by atoms with Gasteiger partial charge in [0.25, 0.3) is 0 Å². The molecule has 12 heteroatoms. The van der Waals surface area contributed by atoms with E-state index in [0.717, 1.165) is 5.56 Å². The van der Waals surface area contributed by atoms with Gasteiger partial charge in [0, 0.05) is 18.3 Å². The number of carboxylic acid groups (broad SMARTS) is 1. The first kappa shape index (κ1) is 26.9. The molecule has 3 unspecified atom stereocenters. The number of benzene rings is 1. The van der Waals surface area contributed by atoms with Gasteiger partial charge in [-0.3, -0.25) is 14.4 Å². The molecule has 0 aliphatic rings. The first-order chi connectivity index (χ1) is 16.3. The molecule has 1 aromatic heterocycles. The molecule has 7 N–H and O–H groups in total. The van der Waals surface area contributed by atoms with Crippen molar-refractivity contribution in [3.8, 4) is 0 Å². The van der Waals surface area contributed by atoms with E-state index < -0.39 is 41.8 Å². The number of hydrogen-bond acceptors (Lipinski definition) is 7. The number of aliphatic carboxylic acids is 1. The van der Waals surface area contributed by atoms with Crippen LogP contribution in [0.4, 0.5) is 0 Å². The van der Waals surface area contributed by atoms with Crippen molar-refractivity contribution in [3.05, 3.63) is 54.1 Å². The van der Waals surface area contributed by atoms with Crippen molar-refractivity contribution >= 4 is 35.5 Å². The molecule has 2 aromatic rings. The highest BCUT2D eigenvalue weighted by Gasteiger charge is 2.27. The Morgan fingerprint density at radius 2 is 1.82 bits per heavy atom. The quantitative estimate of drug-likeness (QED) is 0.204. The molecule has 1 heterocycles. The number of nitrogens with one attached hydrogen (secondary N) is 4. The van der Waals surface area contributed by atoms with E-state index in [1.165, 1.54) is 24.3 Å². The van der Waals surface area contributed by atoms with Gasteiger partial charge in [0.2, 0.25) is 17.7 Å². The van der Waals surface area contributed by atoms with Crippen LogP contribution in [0.3, 0.4) is 0 Å². The van der Waals surface area contributed by atoms with Crippen LogP contribution in [0.25, 0.3) is 0 Å². The minimum atomic E-state index is -1.16. The molecule has 3 atom stereocenters. The summed E-state index contributed by atoms with van der Waals surface area (Å²) in [6.07, 6.45) is 5.38. The van der Waals surface area contributed by atoms with Crippen LogP contribution in [-0.2, 0) is 32.0 Å². The van der Waals surface area contributed by atoms with E-state index in [1.54, 1.807) is 0 Å². The second-order valence-corrected chi connectivity index (χ2v) is 8.58. The van der Waals surface area contributed by atoms with E-state index in [-0.39, 0.29) is 19.4 Å². The van der Waals surface area contributed by atoms with Crippen LogP contribution < -0.4 is 21.7 Å². The van der Waals surface area contributed by atoms with Gasteiger partial charge in [-0.15, -0.1) is 0 Å². The summed E-state index contributed by atoms with van der Waals surface area (Å²) in [5, 5.41) is 16.9. The second kappa shape index (κ2) is 14.0. The molecular formula is C22H30N6O5S. The van der Waals surface area contributed by atoms with Gasteiger partial charge in [0.1, 0.15) is 12.1 Å². The molecule has 1 aromatic carbocycles. The molecule has 184 valence electrons. The molecule has 0 bridgehead atoms. The topological polar surface area (TPSA) is 179 Å². The summed E-state index contributed by atoms with van der Waals surface area (Å²) >= 11 is 1.46. The molecule has 0 radical (unpaired) electrons. The number of imidazole rings is 1. The van der Waals surface area contributed by atoms with Crippen LogP contribution in [0, 0.1) is 0 Å². The predicted octanol–water partition coefficient (Wildman–Crippen LogP) is -0.554. The molecule has 34 heavy (non-hydrogen) atoms. The van der Waals surface area contributed by atoms with Crippen molar-refractivity contribution in [2.45, 2.75) is 37.4 Å². The third-order valence-corrected chi connectivity index (χ3v) is 5.56. The number of amides is 3. The summed E-state index contributed by atoms with van der Waals surface area (Å²) in [6, 6.07) is 6.24. The number of H-pyrrole nitrogens is 1. The largest absolute Gasteiger partial charge is 0.480 e. The minimum absolute atomic E-state index is 0.0634. The molecule has 0 saturated carbocycles. The molecule has 11 nitrogen and oxygen atoms in total. The fourth-order valence-electron chi connectivity index (χ4n) is 3.10. The Hall–Kier alpha value is -3.38. The lowest BCUT2D eigenvalue weighted by Gasteiger charge is -2.21. The normalized spacial score (nSPS) is 13.4. The maximum Gasteiger partial charge on any atom is 0.326 e. The molecule has 3 amide bonds. The first-order valence-corrected chi connectivity index (χ1v) is 12.1. The molecular weight excluding hydrogens is 460 g/mol. The van der Waals surface area contributed by atoms with Gasteiger partial charge >= 0.3 is 5.97 Å². The van der Waals surface area contributed by atoms with Crippen molar-refractivity contribution in [3.63, 3.8) is 0 Å². The number of carboxylic acids is 1. The van der Waals surface area contributed by atoms with Crippen molar-refractivity contribution in [1.82, 2.24) is 25.9 Å². The number of carbonyl (C=O) groups excluding carboxylic acids is 3. The Kier molecular flexibility index (Phi) is 11.1. The van der Waals surface area contributed by atoms with E-state index in [4.69, 9.17) is 5.73 Å². The van der Waals surface area contributed by atoms with E-state index in [9.17, 15) is 24.3 Å². The highest BCUT2D eigenvalue weighted by molar-refractivity contribution is 7.98. The molecule has 0 spiro atoms. The van der Waals surface area contributed by atoms with Crippen LogP contribution >= 0.6 is 11.8 Å². The van der Waals surface area contributed by atoms with Gasteiger partial charge in [-0.05, 0) is 30.4 Å². The summed E-state index contributed by atoms with van der Waals surface area (Å²) in [7, 11) is 0. The molecule has 2 rings (SSSR count). The number of nitrogens with two attached hydrogens (primary N) is 1. The zero-order valence-electron chi connectivity index (χ0n) is 18.8. The van der Waals surface area contributed by atoms with Gasteiger partial charge in [-0.25, -0.2) is 9.78 Å². The van der Waals surface area contributed by atoms with E-state index in [0.29, 0.717) is 17.9 Å². The lowest BCUT2D eigenvalue weighted by molar-refractivity contribution is -0.142. The van der Waals surface area contributed by atoms with Gasteiger partial charge in [-0.2, -0.15) is 11.8 Å². The summed E-state index contributed by atoms with van der Waals surface area (Å²) in [4.78, 5) is 55.8. The number of carbonyl (C=O) groups is 4. The maximum absolute atomic E-state index is 12.8. The van der Waals surface area contributed by atoms with E-state index >= 15 is 0 Å². The second-order valence-electron chi connectivity index (χ2n) is 7.60. The lowest BCUT2D eigenvalue weighted by atomic mass is 10.1. The monoisotopic (exact) mass is 490 g/mol. The van der Waals surface area contributed by atoms with Crippen LogP contribution in [0.15, 0.2) is 42.9 Å². The lowest BCUT2D eigenvalue weighted by Crippen LogP contribution is -2.54. The van der Waals surface area contributed by atoms with Gasteiger partial charge in [0.15, 0.2) is 0 Å². The Morgan fingerprint density at radius 1 is 1.09 bits per heavy atom. The van der Waals surface area contributed by atoms with Gasteiger partial charge in [-0.1, -0.05) is 30.3 Å². The number of aromatic nitrogens is 2. The number of nitrogens with zero attached hydrogens (tertiary/aromatic N) is 1. The Balaban J connectivity index is 1.94. The van der Waals surface area contributed by atoms with Crippen LogP contribution in [-0.4, -0.2) is 75.4 Å². The van der Waals surface area contributed by atoms with Crippen molar-refractivity contribution in [2.24, 2.45) is 5.73 Å². The minimum Gasteiger partial charge on any atom is -0.480 e. The Bertz CT molecular complexity index is 941. The third kappa shape index (κ3) is 9.24. The zero-order valence-corrected chi connectivity index (χ0v) is 19.6. The summed E-state index contributed by atoms with van der Waals surface area (Å²) in [5.74, 6) is -2.38. The van der Waals surface area contributed by atoms with E-state index in [2.05, 4.69) is 25.9 Å². The summed E-state index contributed by atoms with van der Waals surface area (Å²) in [5.41, 5.74) is 7.39. The van der Waals surface area contributed by atoms with Crippen LogP contribution in [0.5, 0.6) is 0 Å². The molecule has 0 aliphatic carbocycles. The number of hydrogen-bond donors (Lipinski definition) is 6. The average Bonchev–Trinajstić information content (AvgIpc) is 3.33. The van der Waals surface area contributed by atoms with Crippen LogP contribution in [0.1, 0.15) is 17.7 Å². The highest BCUT2D eigenvalue weighted by Crippen LogP contribution is 2.05. The predicted molar refractivity (Wildman–Crippen MR) is 128 cm³/mol. The van der Waals surface area contributed by atoms with Crippen molar-refractivity contribution < 1.29 is 24.3 Å². The van der Waals surface area contributed by atoms with Gasteiger partial charge < -0.3 is 31.8 Å². The van der Waals surface area contributed by atoms with Crippen molar-refractivity contribution in [2.75, 3.05) is 18.6 Å². The van der Waals surface area contributed by atoms with Gasteiger partial charge in [0.05, 0.1) is 18.9 Å².